The maximum absolute atomic E-state index is 8.69. The number of hydrogen-bond donors (Lipinski definition) is 1. The molecule has 0 aliphatic heterocycles. The van der Waals surface area contributed by atoms with Crippen molar-refractivity contribution < 1.29 is 5.11 Å². The maximum atomic E-state index is 8.69. The van der Waals surface area contributed by atoms with Crippen molar-refractivity contribution in [2.75, 3.05) is 0 Å². The van der Waals surface area contributed by atoms with E-state index in [1.54, 1.807) is 6.08 Å². The average molecular weight is 298 g/mol. The fraction of sp³-hybridized carbons (Fsp3) is 0.524. The molecule has 0 saturated heterocycles. The second-order valence-electron chi connectivity index (χ2n) is 5.82. The second kappa shape index (κ2) is 13.0. The van der Waals surface area contributed by atoms with Crippen LogP contribution in [-0.4, -0.2) is 5.11 Å². The van der Waals surface area contributed by atoms with Gasteiger partial charge in [-0.2, -0.15) is 0 Å². The highest BCUT2D eigenvalue weighted by molar-refractivity contribution is 5.37. The van der Waals surface area contributed by atoms with E-state index in [4.69, 9.17) is 5.11 Å². The predicted octanol–water partition coefficient (Wildman–Crippen LogP) is 6.18. The van der Waals surface area contributed by atoms with Crippen molar-refractivity contribution in [3.63, 3.8) is 0 Å². The molecule has 0 fully saturated rings. The molecule has 1 aromatic rings. The van der Waals surface area contributed by atoms with Crippen LogP contribution in [0.25, 0.3) is 0 Å². The molecule has 0 aliphatic carbocycles. The first-order valence-electron chi connectivity index (χ1n) is 8.74. The smallest absolute Gasteiger partial charge is 0.0755 e. The molecule has 22 heavy (non-hydrogen) atoms. The van der Waals surface area contributed by atoms with Crippen LogP contribution in [0.1, 0.15) is 75.8 Å². The summed E-state index contributed by atoms with van der Waals surface area (Å²) in [5.74, 6) is 6.52. The molecular weight excluding hydrogens is 268 g/mol. The van der Waals surface area contributed by atoms with Crippen molar-refractivity contribution in [1.82, 2.24) is 0 Å². The summed E-state index contributed by atoms with van der Waals surface area (Å²) in [5.41, 5.74) is 2.26. The lowest BCUT2D eigenvalue weighted by Crippen LogP contribution is -1.83. The number of allylic oxidation sites excluding steroid dienone is 1. The van der Waals surface area contributed by atoms with Crippen molar-refractivity contribution >= 4 is 0 Å². The van der Waals surface area contributed by atoms with Crippen molar-refractivity contribution in [3.8, 4) is 11.8 Å². The lowest BCUT2D eigenvalue weighted by atomic mass is 10.1. The van der Waals surface area contributed by atoms with Gasteiger partial charge >= 0.3 is 0 Å². The van der Waals surface area contributed by atoms with Crippen molar-refractivity contribution in [1.29, 1.82) is 0 Å². The molecule has 0 aromatic heterocycles. The van der Waals surface area contributed by atoms with E-state index < -0.39 is 0 Å². The minimum absolute atomic E-state index is 0.754. The first-order valence-corrected chi connectivity index (χ1v) is 8.74. The highest BCUT2D eigenvalue weighted by atomic mass is 16.2. The van der Waals surface area contributed by atoms with Crippen LogP contribution in [0.2, 0.25) is 0 Å². The molecule has 0 bridgehead atoms. The summed E-state index contributed by atoms with van der Waals surface area (Å²) in [6.45, 7) is 2.26. The number of aliphatic hydroxyl groups excluding tert-OH is 1. The quantitative estimate of drug-likeness (QED) is 0.310. The van der Waals surface area contributed by atoms with Gasteiger partial charge in [-0.05, 0) is 36.6 Å². The van der Waals surface area contributed by atoms with E-state index in [2.05, 4.69) is 30.9 Å². The Hall–Kier alpha value is -1.68. The van der Waals surface area contributed by atoms with Gasteiger partial charge in [-0.25, -0.2) is 0 Å². The summed E-state index contributed by atoms with van der Waals surface area (Å²) < 4.78 is 0. The zero-order chi connectivity index (χ0) is 15.9. The fourth-order valence-electron chi connectivity index (χ4n) is 2.48. The third-order valence-corrected chi connectivity index (χ3v) is 3.77. The third kappa shape index (κ3) is 9.29. The van der Waals surface area contributed by atoms with E-state index in [9.17, 15) is 0 Å². The van der Waals surface area contributed by atoms with Gasteiger partial charge in [-0.3, -0.25) is 0 Å². The first-order chi connectivity index (χ1) is 10.9. The molecule has 0 atom stereocenters. The summed E-state index contributed by atoms with van der Waals surface area (Å²) in [5, 5.41) is 8.69. The van der Waals surface area contributed by atoms with Gasteiger partial charge in [0.1, 0.15) is 0 Å². The van der Waals surface area contributed by atoms with Crippen LogP contribution in [0.4, 0.5) is 0 Å². The topological polar surface area (TPSA) is 20.2 Å². The predicted molar refractivity (Wildman–Crippen MR) is 96.0 cm³/mol. The summed E-state index contributed by atoms with van der Waals surface area (Å²) >= 11 is 0. The molecule has 1 nitrogen and oxygen atoms in total. The molecule has 0 saturated carbocycles. The molecule has 0 spiro atoms. The lowest BCUT2D eigenvalue weighted by Gasteiger charge is -1.99. The van der Waals surface area contributed by atoms with Gasteiger partial charge < -0.3 is 5.11 Å². The van der Waals surface area contributed by atoms with Crippen LogP contribution in [0.5, 0.6) is 0 Å². The van der Waals surface area contributed by atoms with Crippen LogP contribution in [-0.2, 0) is 6.42 Å². The highest BCUT2D eigenvalue weighted by Gasteiger charge is 1.92. The van der Waals surface area contributed by atoms with Gasteiger partial charge in [0.2, 0.25) is 0 Å². The van der Waals surface area contributed by atoms with Crippen LogP contribution in [0.15, 0.2) is 36.6 Å². The third-order valence-electron chi connectivity index (χ3n) is 3.77. The molecular formula is C21H30O. The van der Waals surface area contributed by atoms with E-state index >= 15 is 0 Å². The first kappa shape index (κ1) is 18.4. The molecule has 120 valence electrons. The van der Waals surface area contributed by atoms with Gasteiger partial charge in [-0.1, -0.05) is 75.8 Å². The molecule has 1 heteroatoms. The average Bonchev–Trinajstić information content (AvgIpc) is 2.55. The van der Waals surface area contributed by atoms with E-state index in [1.807, 2.05) is 12.1 Å². The van der Waals surface area contributed by atoms with E-state index in [0.29, 0.717) is 0 Å². The molecule has 0 amide bonds. The minimum atomic E-state index is 0.754. The Morgan fingerprint density at radius 1 is 1.00 bits per heavy atom. The maximum Gasteiger partial charge on any atom is 0.0755 e. The Morgan fingerprint density at radius 2 is 1.73 bits per heavy atom. The number of hydrogen-bond acceptors (Lipinski definition) is 1. The molecule has 1 rings (SSSR count). The zero-order valence-corrected chi connectivity index (χ0v) is 14.0. The zero-order valence-electron chi connectivity index (χ0n) is 14.0. The van der Waals surface area contributed by atoms with E-state index in [1.165, 1.54) is 56.9 Å². The Kier molecular flexibility index (Phi) is 10.9. The van der Waals surface area contributed by atoms with Gasteiger partial charge in [0, 0.05) is 12.0 Å². The number of aliphatic hydroxyl groups is 1. The Morgan fingerprint density at radius 3 is 2.45 bits per heavy atom. The monoisotopic (exact) mass is 298 g/mol. The van der Waals surface area contributed by atoms with Crippen molar-refractivity contribution in [2.24, 2.45) is 0 Å². The van der Waals surface area contributed by atoms with E-state index in [-0.39, 0.29) is 0 Å². The highest BCUT2D eigenvalue weighted by Crippen LogP contribution is 2.09. The molecule has 0 heterocycles. The summed E-state index contributed by atoms with van der Waals surface area (Å²) in [7, 11) is 0. The summed E-state index contributed by atoms with van der Waals surface area (Å²) in [4.78, 5) is 0. The van der Waals surface area contributed by atoms with Crippen molar-refractivity contribution in [3.05, 3.63) is 47.7 Å². The fourth-order valence-corrected chi connectivity index (χ4v) is 2.48. The van der Waals surface area contributed by atoms with Crippen LogP contribution in [0.3, 0.4) is 0 Å². The standard InChI is InChI=1S/C21H30O/c1-2-3-4-5-6-7-8-9-10-11-14-20-15-12-16-21(19-20)17-13-18-22/h12-13,15-16,18-19,22H,2-10,17H2,1H3/b18-13+. The molecule has 0 aliphatic rings. The van der Waals surface area contributed by atoms with Crippen LogP contribution < -0.4 is 0 Å². The Bertz CT molecular complexity index is 476. The Balaban J connectivity index is 2.16. The normalized spacial score (nSPS) is 10.6. The molecule has 1 aromatic carbocycles. The summed E-state index contributed by atoms with van der Waals surface area (Å²) in [6, 6.07) is 8.23. The van der Waals surface area contributed by atoms with Gasteiger partial charge in [0.05, 0.1) is 6.26 Å². The van der Waals surface area contributed by atoms with Gasteiger partial charge in [0.25, 0.3) is 0 Å². The minimum Gasteiger partial charge on any atom is -0.516 e. The SMILES string of the molecule is CCCCCCCCCCC#Cc1cccc(C/C=C/O)c1. The molecule has 0 unspecified atom stereocenters. The number of unbranched alkanes of at least 4 members (excludes halogenated alkanes) is 8. The summed E-state index contributed by atoms with van der Waals surface area (Å²) in [6.07, 6.45) is 15.4. The number of rotatable bonds is 10. The van der Waals surface area contributed by atoms with Gasteiger partial charge in [-0.15, -0.1) is 0 Å². The lowest BCUT2D eigenvalue weighted by molar-refractivity contribution is 0.471. The molecule has 1 N–H and O–H groups in total. The van der Waals surface area contributed by atoms with Crippen LogP contribution in [0, 0.1) is 11.8 Å². The molecule has 0 radical (unpaired) electrons. The van der Waals surface area contributed by atoms with E-state index in [0.717, 1.165) is 24.7 Å². The Labute approximate surface area is 136 Å². The second-order valence-corrected chi connectivity index (χ2v) is 5.82. The largest absolute Gasteiger partial charge is 0.516 e. The van der Waals surface area contributed by atoms with Crippen molar-refractivity contribution in [2.45, 2.75) is 71.1 Å². The van der Waals surface area contributed by atoms with Crippen LogP contribution >= 0.6 is 0 Å². The number of benzene rings is 1. The van der Waals surface area contributed by atoms with Gasteiger partial charge in [0.15, 0.2) is 0 Å².